The predicted molar refractivity (Wildman–Crippen MR) is 105 cm³/mol. The second-order valence-electron chi connectivity index (χ2n) is 7.38. The maximum absolute atomic E-state index is 13.0. The first-order valence-corrected chi connectivity index (χ1v) is 12.0. The third-order valence-corrected chi connectivity index (χ3v) is 8.70. The van der Waals surface area contributed by atoms with Crippen molar-refractivity contribution >= 4 is 27.3 Å². The third-order valence-electron chi connectivity index (χ3n) is 5.53. The number of aryl methyl sites for hydroxylation is 1. The zero-order chi connectivity index (χ0) is 19.7. The Hall–Kier alpha value is -1.78. The standard InChI is InChI=1S/C18H25N5O3S2/c1-21(28(25,26)17-9-6-12-27-17)13-16(24)22-11-5-7-14(22)18-20-19-15-8-3-2-4-10-23(15)18/h6,9,12,14H,2-5,7-8,10-11,13H2,1H3. The van der Waals surface area contributed by atoms with Crippen molar-refractivity contribution in [1.29, 1.82) is 0 Å². The molecule has 10 heteroatoms. The highest BCUT2D eigenvalue weighted by atomic mass is 32.2. The summed E-state index contributed by atoms with van der Waals surface area (Å²) >= 11 is 1.16. The molecule has 2 aromatic rings. The van der Waals surface area contributed by atoms with E-state index in [2.05, 4.69) is 14.8 Å². The molecule has 0 saturated carbocycles. The van der Waals surface area contributed by atoms with E-state index in [4.69, 9.17) is 0 Å². The molecule has 0 bridgehead atoms. The Morgan fingerprint density at radius 2 is 2.11 bits per heavy atom. The smallest absolute Gasteiger partial charge is 0.252 e. The van der Waals surface area contributed by atoms with Gasteiger partial charge in [-0.15, -0.1) is 21.5 Å². The largest absolute Gasteiger partial charge is 0.331 e. The van der Waals surface area contributed by atoms with Gasteiger partial charge in [-0.05, 0) is 37.1 Å². The number of amides is 1. The quantitative estimate of drug-likeness (QED) is 0.734. The van der Waals surface area contributed by atoms with Gasteiger partial charge in [-0.3, -0.25) is 4.79 Å². The Morgan fingerprint density at radius 3 is 2.89 bits per heavy atom. The number of carbonyl (C=O) groups is 1. The average molecular weight is 424 g/mol. The molecule has 2 aliphatic heterocycles. The molecular weight excluding hydrogens is 398 g/mol. The van der Waals surface area contributed by atoms with Crippen molar-refractivity contribution in [1.82, 2.24) is 24.0 Å². The van der Waals surface area contributed by atoms with Gasteiger partial charge in [0, 0.05) is 26.6 Å². The summed E-state index contributed by atoms with van der Waals surface area (Å²) in [6.45, 7) is 1.35. The van der Waals surface area contributed by atoms with Gasteiger partial charge in [-0.25, -0.2) is 8.42 Å². The summed E-state index contributed by atoms with van der Waals surface area (Å²) in [7, 11) is -2.18. The lowest BCUT2D eigenvalue weighted by atomic mass is 10.2. The first kappa shape index (κ1) is 19.5. The van der Waals surface area contributed by atoms with Crippen molar-refractivity contribution in [3.05, 3.63) is 29.2 Å². The lowest BCUT2D eigenvalue weighted by molar-refractivity contribution is -0.132. The minimum atomic E-state index is -3.64. The van der Waals surface area contributed by atoms with E-state index in [1.807, 2.05) is 0 Å². The van der Waals surface area contributed by atoms with Crippen molar-refractivity contribution in [2.45, 2.75) is 55.3 Å². The van der Waals surface area contributed by atoms with Crippen LogP contribution in [0.25, 0.3) is 0 Å². The molecule has 1 unspecified atom stereocenters. The molecule has 28 heavy (non-hydrogen) atoms. The molecule has 0 aromatic carbocycles. The molecule has 8 nitrogen and oxygen atoms in total. The van der Waals surface area contributed by atoms with Crippen LogP contribution in [0, 0.1) is 0 Å². The number of aromatic nitrogens is 3. The molecule has 2 aliphatic rings. The zero-order valence-corrected chi connectivity index (χ0v) is 17.6. The van der Waals surface area contributed by atoms with Crippen LogP contribution in [-0.4, -0.2) is 58.4 Å². The predicted octanol–water partition coefficient (Wildman–Crippen LogP) is 2.05. The monoisotopic (exact) mass is 423 g/mol. The summed E-state index contributed by atoms with van der Waals surface area (Å²) in [6, 6.07) is 3.14. The van der Waals surface area contributed by atoms with Gasteiger partial charge >= 0.3 is 0 Å². The van der Waals surface area contributed by atoms with E-state index in [0.29, 0.717) is 6.54 Å². The fourth-order valence-electron chi connectivity index (χ4n) is 4.02. The molecule has 2 aromatic heterocycles. The number of sulfonamides is 1. The summed E-state index contributed by atoms with van der Waals surface area (Å²) < 4.78 is 28.8. The second kappa shape index (κ2) is 7.92. The Labute approximate surface area is 169 Å². The molecule has 1 amide bonds. The lowest BCUT2D eigenvalue weighted by Crippen LogP contribution is -2.41. The molecular formula is C18H25N5O3S2. The summed E-state index contributed by atoms with van der Waals surface area (Å²) in [4.78, 5) is 14.8. The SMILES string of the molecule is CN(CC(=O)N1CCCC1c1nnc2n1CCCCC2)S(=O)(=O)c1cccs1. The van der Waals surface area contributed by atoms with Crippen LogP contribution in [0.1, 0.15) is 49.8 Å². The van der Waals surface area contributed by atoms with Gasteiger partial charge in [0.2, 0.25) is 5.91 Å². The zero-order valence-electron chi connectivity index (χ0n) is 16.0. The maximum Gasteiger partial charge on any atom is 0.252 e. The summed E-state index contributed by atoms with van der Waals surface area (Å²) in [6.07, 6.45) is 6.06. The molecule has 0 N–H and O–H groups in total. The van der Waals surface area contributed by atoms with E-state index in [9.17, 15) is 13.2 Å². The number of carbonyl (C=O) groups excluding carboxylic acids is 1. The van der Waals surface area contributed by atoms with Crippen LogP contribution in [0.5, 0.6) is 0 Å². The number of rotatable bonds is 5. The van der Waals surface area contributed by atoms with E-state index in [-0.39, 0.29) is 22.7 Å². The number of hydrogen-bond acceptors (Lipinski definition) is 6. The van der Waals surface area contributed by atoms with E-state index in [1.165, 1.54) is 13.5 Å². The van der Waals surface area contributed by atoms with Gasteiger partial charge in [0.25, 0.3) is 10.0 Å². The minimum absolute atomic E-state index is 0.121. The van der Waals surface area contributed by atoms with E-state index in [1.54, 1.807) is 22.4 Å². The van der Waals surface area contributed by atoms with Gasteiger partial charge in [0.15, 0.2) is 5.82 Å². The molecule has 0 spiro atoms. The van der Waals surface area contributed by atoms with Gasteiger partial charge in [-0.2, -0.15) is 4.31 Å². The van der Waals surface area contributed by atoms with Crippen LogP contribution < -0.4 is 0 Å². The van der Waals surface area contributed by atoms with Crippen molar-refractivity contribution in [3.8, 4) is 0 Å². The van der Waals surface area contributed by atoms with Gasteiger partial charge < -0.3 is 9.47 Å². The lowest BCUT2D eigenvalue weighted by Gasteiger charge is -2.26. The summed E-state index contributed by atoms with van der Waals surface area (Å²) in [5.41, 5.74) is 0. The van der Waals surface area contributed by atoms with E-state index in [0.717, 1.165) is 65.9 Å². The number of likely N-dealkylation sites (N-methyl/N-ethyl adjacent to an activating group) is 1. The number of hydrogen-bond donors (Lipinski definition) is 0. The number of likely N-dealkylation sites (tertiary alicyclic amines) is 1. The summed E-state index contributed by atoms with van der Waals surface area (Å²) in [5.74, 6) is 1.67. The maximum atomic E-state index is 13.0. The van der Waals surface area contributed by atoms with Crippen molar-refractivity contribution < 1.29 is 13.2 Å². The molecule has 4 rings (SSSR count). The van der Waals surface area contributed by atoms with Crippen molar-refractivity contribution in [3.63, 3.8) is 0 Å². The average Bonchev–Trinajstić information content (AvgIpc) is 3.40. The summed E-state index contributed by atoms with van der Waals surface area (Å²) in [5, 5.41) is 10.5. The fourth-order valence-corrected chi connectivity index (χ4v) is 6.34. The minimum Gasteiger partial charge on any atom is -0.331 e. The normalized spacial score (nSPS) is 20.4. The van der Waals surface area contributed by atoms with Gasteiger partial charge in [-0.1, -0.05) is 12.5 Å². The first-order chi connectivity index (χ1) is 13.5. The van der Waals surface area contributed by atoms with Crippen LogP contribution in [0.4, 0.5) is 0 Å². The van der Waals surface area contributed by atoms with Crippen LogP contribution in [-0.2, 0) is 27.8 Å². The van der Waals surface area contributed by atoms with Gasteiger partial charge in [0.1, 0.15) is 10.0 Å². The van der Waals surface area contributed by atoms with Gasteiger partial charge in [0.05, 0.1) is 12.6 Å². The molecule has 1 atom stereocenters. The highest BCUT2D eigenvalue weighted by molar-refractivity contribution is 7.91. The van der Waals surface area contributed by atoms with E-state index < -0.39 is 10.0 Å². The highest BCUT2D eigenvalue weighted by Gasteiger charge is 2.36. The Bertz CT molecular complexity index is 939. The van der Waals surface area contributed by atoms with Crippen LogP contribution in [0.15, 0.2) is 21.7 Å². The van der Waals surface area contributed by atoms with E-state index >= 15 is 0 Å². The third kappa shape index (κ3) is 3.60. The Balaban J connectivity index is 1.51. The van der Waals surface area contributed by atoms with Crippen LogP contribution in [0.3, 0.4) is 0 Å². The van der Waals surface area contributed by atoms with Crippen LogP contribution >= 0.6 is 11.3 Å². The molecule has 1 saturated heterocycles. The number of nitrogens with zero attached hydrogens (tertiary/aromatic N) is 5. The molecule has 152 valence electrons. The first-order valence-electron chi connectivity index (χ1n) is 9.70. The topological polar surface area (TPSA) is 88.4 Å². The fraction of sp³-hybridized carbons (Fsp3) is 0.611. The van der Waals surface area contributed by atoms with Crippen molar-refractivity contribution in [2.75, 3.05) is 20.1 Å². The van der Waals surface area contributed by atoms with Crippen molar-refractivity contribution in [2.24, 2.45) is 0 Å². The molecule has 0 radical (unpaired) electrons. The molecule has 0 aliphatic carbocycles. The van der Waals surface area contributed by atoms with Crippen LogP contribution in [0.2, 0.25) is 0 Å². The number of thiophene rings is 1. The Morgan fingerprint density at radius 1 is 1.25 bits per heavy atom. The Kier molecular flexibility index (Phi) is 5.52. The molecule has 1 fully saturated rings. The second-order valence-corrected chi connectivity index (χ2v) is 10.6. The number of fused-ring (bicyclic) bond motifs is 1. The molecule has 4 heterocycles. The highest BCUT2D eigenvalue weighted by Crippen LogP contribution is 2.32.